The van der Waals surface area contributed by atoms with Crippen molar-refractivity contribution in [3.8, 4) is 0 Å². The van der Waals surface area contributed by atoms with Crippen LogP contribution in [0.2, 0.25) is 0 Å². The van der Waals surface area contributed by atoms with Crippen LogP contribution in [0.3, 0.4) is 0 Å². The SMILES string of the molecule is Cc1cccc(C(=O)N2CC[C@H]3CO[C@H](CN(C)Cc4ccco4)[C@H]3C2)n1.O=C(O)C(F)(F)F. The fourth-order valence-electron chi connectivity index (χ4n) is 4.27. The normalized spacial score (nSPS) is 22.2. The Hall–Kier alpha value is -2.92. The lowest BCUT2D eigenvalue weighted by Gasteiger charge is -2.36. The summed E-state index contributed by atoms with van der Waals surface area (Å²) in [4.78, 5) is 30.4. The molecule has 4 rings (SSSR count). The van der Waals surface area contributed by atoms with E-state index in [0.29, 0.717) is 17.5 Å². The molecule has 0 saturated carbocycles. The summed E-state index contributed by atoms with van der Waals surface area (Å²) in [7, 11) is 2.08. The van der Waals surface area contributed by atoms with Gasteiger partial charge in [-0.15, -0.1) is 0 Å². The number of halogens is 3. The second-order valence-corrected chi connectivity index (χ2v) is 8.58. The summed E-state index contributed by atoms with van der Waals surface area (Å²) in [6.07, 6.45) is -2.23. The Labute approximate surface area is 195 Å². The Kier molecular flexibility index (Phi) is 8.32. The van der Waals surface area contributed by atoms with Crippen molar-refractivity contribution in [2.45, 2.75) is 32.2 Å². The van der Waals surface area contributed by atoms with Gasteiger partial charge < -0.3 is 19.2 Å². The number of carboxylic acid groups (broad SMARTS) is 1. The number of carbonyl (C=O) groups is 2. The van der Waals surface area contributed by atoms with Crippen molar-refractivity contribution in [3.63, 3.8) is 0 Å². The quantitative estimate of drug-likeness (QED) is 0.698. The lowest BCUT2D eigenvalue weighted by Crippen LogP contribution is -2.47. The first-order valence-corrected chi connectivity index (χ1v) is 10.9. The van der Waals surface area contributed by atoms with E-state index in [1.165, 1.54) is 0 Å². The summed E-state index contributed by atoms with van der Waals surface area (Å²) in [5.41, 5.74) is 1.41. The van der Waals surface area contributed by atoms with E-state index >= 15 is 0 Å². The molecule has 2 aromatic heterocycles. The molecule has 0 unspecified atom stereocenters. The van der Waals surface area contributed by atoms with E-state index < -0.39 is 12.1 Å². The number of fused-ring (bicyclic) bond motifs is 1. The molecule has 2 saturated heterocycles. The van der Waals surface area contributed by atoms with Crippen LogP contribution in [-0.4, -0.2) is 77.3 Å². The maximum absolute atomic E-state index is 12.9. The number of hydrogen-bond acceptors (Lipinski definition) is 6. The van der Waals surface area contributed by atoms with Gasteiger partial charge in [0.1, 0.15) is 11.5 Å². The minimum Gasteiger partial charge on any atom is -0.475 e. The topological polar surface area (TPSA) is 96.1 Å². The van der Waals surface area contributed by atoms with Gasteiger partial charge in [0.25, 0.3) is 5.91 Å². The molecular formula is C23H28F3N3O5. The Balaban J connectivity index is 0.000000406. The number of hydrogen-bond donors (Lipinski definition) is 1. The molecule has 0 aromatic carbocycles. The second-order valence-electron chi connectivity index (χ2n) is 8.58. The molecule has 0 bridgehead atoms. The summed E-state index contributed by atoms with van der Waals surface area (Å²) in [5, 5.41) is 7.12. The van der Waals surface area contributed by atoms with Gasteiger partial charge in [0.2, 0.25) is 0 Å². The lowest BCUT2D eigenvalue weighted by atomic mass is 9.84. The molecule has 186 valence electrons. The van der Waals surface area contributed by atoms with E-state index in [0.717, 1.165) is 50.7 Å². The molecule has 1 N–H and O–H groups in total. The van der Waals surface area contributed by atoms with Crippen molar-refractivity contribution < 1.29 is 37.0 Å². The molecule has 2 aliphatic heterocycles. The first kappa shape index (κ1) is 25.7. The largest absolute Gasteiger partial charge is 0.490 e. The maximum atomic E-state index is 12.9. The van der Waals surface area contributed by atoms with E-state index in [4.69, 9.17) is 19.1 Å². The van der Waals surface area contributed by atoms with Gasteiger partial charge in [-0.05, 0) is 50.6 Å². The van der Waals surface area contributed by atoms with Crippen LogP contribution < -0.4 is 0 Å². The number of carbonyl (C=O) groups excluding carboxylic acids is 1. The molecule has 8 nitrogen and oxygen atoms in total. The minimum atomic E-state index is -5.08. The van der Waals surface area contributed by atoms with Gasteiger partial charge in [0, 0.05) is 31.2 Å². The van der Waals surface area contributed by atoms with Crippen molar-refractivity contribution in [3.05, 3.63) is 53.7 Å². The van der Waals surface area contributed by atoms with Crippen molar-refractivity contribution in [2.75, 3.05) is 33.3 Å². The van der Waals surface area contributed by atoms with E-state index in [2.05, 4.69) is 16.9 Å². The Morgan fingerprint density at radius 2 is 2.00 bits per heavy atom. The Morgan fingerprint density at radius 3 is 2.62 bits per heavy atom. The number of aromatic nitrogens is 1. The molecule has 1 amide bonds. The Bertz CT molecular complexity index is 967. The van der Waals surface area contributed by atoms with Gasteiger partial charge in [-0.3, -0.25) is 9.69 Å². The monoisotopic (exact) mass is 483 g/mol. The van der Waals surface area contributed by atoms with Crippen LogP contribution >= 0.6 is 0 Å². The molecule has 0 radical (unpaired) electrons. The number of ether oxygens (including phenoxy) is 1. The molecule has 4 heterocycles. The van der Waals surface area contributed by atoms with Crippen LogP contribution in [-0.2, 0) is 16.1 Å². The summed E-state index contributed by atoms with van der Waals surface area (Å²) < 4.78 is 43.3. The lowest BCUT2D eigenvalue weighted by molar-refractivity contribution is -0.192. The molecule has 11 heteroatoms. The van der Waals surface area contributed by atoms with Gasteiger partial charge in [0.15, 0.2) is 0 Å². The van der Waals surface area contributed by atoms with Crippen LogP contribution in [0.25, 0.3) is 0 Å². The first-order valence-electron chi connectivity index (χ1n) is 10.9. The zero-order valence-electron chi connectivity index (χ0n) is 19.0. The zero-order chi connectivity index (χ0) is 24.9. The number of likely N-dealkylation sites (tertiary alicyclic amines) is 1. The third kappa shape index (κ3) is 6.80. The summed E-state index contributed by atoms with van der Waals surface area (Å²) in [5.74, 6) is -0.842. The van der Waals surface area contributed by atoms with Crippen molar-refractivity contribution >= 4 is 11.9 Å². The average Bonchev–Trinajstić information content (AvgIpc) is 3.43. The average molecular weight is 483 g/mol. The molecule has 0 spiro atoms. The summed E-state index contributed by atoms with van der Waals surface area (Å²) >= 11 is 0. The number of alkyl halides is 3. The molecule has 2 aliphatic rings. The zero-order valence-corrected chi connectivity index (χ0v) is 19.0. The molecular weight excluding hydrogens is 455 g/mol. The number of aliphatic carboxylic acids is 1. The highest BCUT2D eigenvalue weighted by atomic mass is 19.4. The first-order chi connectivity index (χ1) is 16.0. The fourth-order valence-corrected chi connectivity index (χ4v) is 4.27. The number of piperidine rings is 1. The number of carboxylic acids is 1. The molecule has 3 atom stereocenters. The molecule has 2 aromatic rings. The van der Waals surface area contributed by atoms with Crippen molar-refractivity contribution in [1.82, 2.24) is 14.8 Å². The van der Waals surface area contributed by atoms with Crippen molar-refractivity contribution in [2.24, 2.45) is 11.8 Å². The number of likely N-dealkylation sites (N-methyl/N-ethyl adjacent to an activating group) is 1. The third-order valence-electron chi connectivity index (χ3n) is 5.94. The highest BCUT2D eigenvalue weighted by molar-refractivity contribution is 5.92. The standard InChI is InChI=1S/C21H27N3O3.C2HF3O2/c1-15-5-3-7-19(22-15)21(25)24-9-8-16-14-27-20(18(16)12-24)13-23(2)11-17-6-4-10-26-17;3-2(4,5)1(6)7/h3-7,10,16,18,20H,8-9,11-14H2,1-2H3;(H,6,7)/t16-,18-,20+;/m0./s1. The third-order valence-corrected chi connectivity index (χ3v) is 5.94. The maximum Gasteiger partial charge on any atom is 0.490 e. The minimum absolute atomic E-state index is 0.0340. The number of aryl methyl sites for hydroxylation is 1. The van der Waals surface area contributed by atoms with Crippen LogP contribution in [0.4, 0.5) is 13.2 Å². The predicted octanol–water partition coefficient (Wildman–Crippen LogP) is 3.23. The van der Waals surface area contributed by atoms with E-state index in [9.17, 15) is 18.0 Å². The summed E-state index contributed by atoms with van der Waals surface area (Å²) in [6, 6.07) is 9.52. The van der Waals surface area contributed by atoms with Gasteiger partial charge in [-0.2, -0.15) is 13.2 Å². The predicted molar refractivity (Wildman–Crippen MR) is 115 cm³/mol. The van der Waals surface area contributed by atoms with Crippen LogP contribution in [0, 0.1) is 18.8 Å². The molecule has 2 fully saturated rings. The molecule has 34 heavy (non-hydrogen) atoms. The number of pyridine rings is 1. The number of nitrogens with zero attached hydrogens (tertiary/aromatic N) is 3. The van der Waals surface area contributed by atoms with Crippen LogP contribution in [0.1, 0.15) is 28.4 Å². The second kappa shape index (κ2) is 11.0. The van der Waals surface area contributed by atoms with E-state index in [-0.39, 0.29) is 12.0 Å². The van der Waals surface area contributed by atoms with Gasteiger partial charge in [0.05, 0.1) is 25.5 Å². The van der Waals surface area contributed by atoms with Crippen molar-refractivity contribution in [1.29, 1.82) is 0 Å². The molecule has 0 aliphatic carbocycles. The fraction of sp³-hybridized carbons (Fsp3) is 0.522. The number of rotatable bonds is 5. The van der Waals surface area contributed by atoms with Crippen LogP contribution in [0.15, 0.2) is 41.0 Å². The highest BCUT2D eigenvalue weighted by Gasteiger charge is 2.42. The number of amides is 1. The smallest absolute Gasteiger partial charge is 0.475 e. The van der Waals surface area contributed by atoms with Gasteiger partial charge in [-0.1, -0.05) is 6.07 Å². The van der Waals surface area contributed by atoms with Gasteiger partial charge in [-0.25, -0.2) is 9.78 Å². The van der Waals surface area contributed by atoms with Gasteiger partial charge >= 0.3 is 12.1 Å². The highest BCUT2D eigenvalue weighted by Crippen LogP contribution is 2.35. The van der Waals surface area contributed by atoms with Crippen LogP contribution in [0.5, 0.6) is 0 Å². The van der Waals surface area contributed by atoms with E-state index in [1.807, 2.05) is 36.1 Å². The van der Waals surface area contributed by atoms with E-state index in [1.54, 1.807) is 12.3 Å². The Morgan fingerprint density at radius 1 is 1.26 bits per heavy atom. The summed E-state index contributed by atoms with van der Waals surface area (Å²) in [6.45, 7) is 5.85. The number of furan rings is 1.